The fourth-order valence-corrected chi connectivity index (χ4v) is 1.33. The first-order chi connectivity index (χ1) is 7.76. The number of ether oxygens (including phenoxy) is 1. The molecule has 0 atom stereocenters. The van der Waals surface area contributed by atoms with Crippen LogP contribution in [0, 0.1) is 0 Å². The third kappa shape index (κ3) is 4.64. The first kappa shape index (κ1) is 13.0. The number of anilines is 1. The van der Waals surface area contributed by atoms with Crippen molar-refractivity contribution in [3.63, 3.8) is 0 Å². The highest BCUT2D eigenvalue weighted by molar-refractivity contribution is 6.29. The van der Waals surface area contributed by atoms with Gasteiger partial charge in [-0.15, -0.1) is 11.6 Å². The number of carbonyl (C=O) groups excluding carboxylic acids is 1. The van der Waals surface area contributed by atoms with Crippen LogP contribution in [0.2, 0.25) is 0 Å². The third-order valence-electron chi connectivity index (χ3n) is 1.95. The molecular formula is C12H16ClNO2. The summed E-state index contributed by atoms with van der Waals surface area (Å²) in [7, 11) is 0. The van der Waals surface area contributed by atoms with Gasteiger partial charge < -0.3 is 10.1 Å². The maximum atomic E-state index is 11.1. The molecule has 0 aliphatic rings. The Balaban J connectivity index is 2.53. The van der Waals surface area contributed by atoms with Crippen LogP contribution < -0.4 is 5.32 Å². The van der Waals surface area contributed by atoms with Gasteiger partial charge in [0.2, 0.25) is 5.91 Å². The van der Waals surface area contributed by atoms with Crippen molar-refractivity contribution in [1.82, 2.24) is 0 Å². The lowest BCUT2D eigenvalue weighted by molar-refractivity contribution is -0.113. The average molecular weight is 242 g/mol. The van der Waals surface area contributed by atoms with E-state index in [0.29, 0.717) is 6.61 Å². The molecule has 4 heteroatoms. The van der Waals surface area contributed by atoms with E-state index in [1.54, 1.807) is 0 Å². The summed E-state index contributed by atoms with van der Waals surface area (Å²) >= 11 is 5.41. The quantitative estimate of drug-likeness (QED) is 0.614. The zero-order chi connectivity index (χ0) is 11.8. The molecule has 1 rings (SSSR count). The molecule has 1 aromatic carbocycles. The second kappa shape index (κ2) is 7.25. The van der Waals surface area contributed by atoms with E-state index in [-0.39, 0.29) is 11.8 Å². The molecule has 1 N–H and O–H groups in total. The summed E-state index contributed by atoms with van der Waals surface area (Å²) in [6.45, 7) is 3.38. The molecule has 16 heavy (non-hydrogen) atoms. The predicted octanol–water partition coefficient (Wildman–Crippen LogP) is 2.79. The number of alkyl halides is 1. The lowest BCUT2D eigenvalue weighted by atomic mass is 10.2. The van der Waals surface area contributed by atoms with Crippen molar-refractivity contribution in [3.8, 4) is 0 Å². The van der Waals surface area contributed by atoms with Gasteiger partial charge in [0, 0.05) is 12.3 Å². The molecule has 0 saturated heterocycles. The minimum absolute atomic E-state index is 0.0312. The van der Waals surface area contributed by atoms with Crippen LogP contribution in [0.25, 0.3) is 0 Å². The van der Waals surface area contributed by atoms with E-state index in [1.165, 1.54) is 0 Å². The first-order valence-corrected chi connectivity index (χ1v) is 5.82. The van der Waals surface area contributed by atoms with E-state index in [9.17, 15) is 4.79 Å². The second-order valence-electron chi connectivity index (χ2n) is 3.43. The normalized spacial score (nSPS) is 10.1. The molecule has 0 saturated carbocycles. The Morgan fingerprint density at radius 3 is 3.00 bits per heavy atom. The van der Waals surface area contributed by atoms with Crippen LogP contribution in [0.3, 0.4) is 0 Å². The van der Waals surface area contributed by atoms with E-state index < -0.39 is 0 Å². The molecule has 1 aromatic rings. The van der Waals surface area contributed by atoms with Gasteiger partial charge in [-0.1, -0.05) is 19.1 Å². The van der Waals surface area contributed by atoms with E-state index in [2.05, 4.69) is 12.2 Å². The van der Waals surface area contributed by atoms with E-state index >= 15 is 0 Å². The molecule has 0 aliphatic heterocycles. The average Bonchev–Trinajstić information content (AvgIpc) is 2.30. The number of halogens is 1. The van der Waals surface area contributed by atoms with E-state index in [0.717, 1.165) is 24.3 Å². The third-order valence-corrected chi connectivity index (χ3v) is 2.19. The van der Waals surface area contributed by atoms with Crippen LogP contribution in [-0.2, 0) is 16.1 Å². The monoisotopic (exact) mass is 241 g/mol. The maximum absolute atomic E-state index is 11.1. The molecule has 0 unspecified atom stereocenters. The van der Waals surface area contributed by atoms with E-state index in [4.69, 9.17) is 16.3 Å². The number of carbonyl (C=O) groups is 1. The second-order valence-corrected chi connectivity index (χ2v) is 3.70. The number of nitrogens with one attached hydrogen (secondary N) is 1. The number of benzene rings is 1. The summed E-state index contributed by atoms with van der Waals surface area (Å²) in [6.07, 6.45) is 1.00. The van der Waals surface area contributed by atoms with Crippen molar-refractivity contribution < 1.29 is 9.53 Å². The van der Waals surface area contributed by atoms with Crippen LogP contribution in [0.5, 0.6) is 0 Å². The van der Waals surface area contributed by atoms with Gasteiger partial charge in [-0.05, 0) is 24.1 Å². The number of rotatable bonds is 6. The zero-order valence-electron chi connectivity index (χ0n) is 9.33. The van der Waals surface area contributed by atoms with Crippen molar-refractivity contribution in [2.45, 2.75) is 20.0 Å². The van der Waals surface area contributed by atoms with Crippen molar-refractivity contribution in [3.05, 3.63) is 29.8 Å². The SMILES string of the molecule is CCCOCc1cccc(NC(=O)CCl)c1. The molecular weight excluding hydrogens is 226 g/mol. The molecule has 0 fully saturated rings. The van der Waals surface area contributed by atoms with Crippen LogP contribution in [0.4, 0.5) is 5.69 Å². The van der Waals surface area contributed by atoms with Crippen LogP contribution in [0.1, 0.15) is 18.9 Å². The van der Waals surface area contributed by atoms with Gasteiger partial charge >= 0.3 is 0 Å². The fourth-order valence-electron chi connectivity index (χ4n) is 1.27. The summed E-state index contributed by atoms with van der Waals surface area (Å²) in [5, 5.41) is 2.70. The maximum Gasteiger partial charge on any atom is 0.239 e. The van der Waals surface area contributed by atoms with Gasteiger partial charge in [-0.2, -0.15) is 0 Å². The molecule has 0 aliphatic carbocycles. The van der Waals surface area contributed by atoms with Crippen LogP contribution in [-0.4, -0.2) is 18.4 Å². The lowest BCUT2D eigenvalue weighted by Gasteiger charge is -2.06. The van der Waals surface area contributed by atoms with Crippen molar-refractivity contribution in [2.75, 3.05) is 17.8 Å². The zero-order valence-corrected chi connectivity index (χ0v) is 10.1. The summed E-state index contributed by atoms with van der Waals surface area (Å²) < 4.78 is 5.42. The summed E-state index contributed by atoms with van der Waals surface area (Å²) in [5.41, 5.74) is 1.80. The van der Waals surface area contributed by atoms with Crippen LogP contribution in [0.15, 0.2) is 24.3 Å². The Morgan fingerprint density at radius 1 is 1.50 bits per heavy atom. The molecule has 1 amide bonds. The predicted molar refractivity (Wildman–Crippen MR) is 65.7 cm³/mol. The van der Waals surface area contributed by atoms with Crippen LogP contribution >= 0.6 is 11.6 Å². The number of hydrogen-bond acceptors (Lipinski definition) is 2. The Bertz CT molecular complexity index is 342. The standard InChI is InChI=1S/C12H16ClNO2/c1-2-6-16-9-10-4-3-5-11(7-10)14-12(15)8-13/h3-5,7H,2,6,8-9H2,1H3,(H,14,15). The van der Waals surface area contributed by atoms with Crippen molar-refractivity contribution in [1.29, 1.82) is 0 Å². The summed E-state index contributed by atoms with van der Waals surface area (Å²) in [4.78, 5) is 11.1. The van der Waals surface area contributed by atoms with Gasteiger partial charge in [0.05, 0.1) is 6.61 Å². The molecule has 0 spiro atoms. The smallest absolute Gasteiger partial charge is 0.239 e. The molecule has 0 bridgehead atoms. The van der Waals surface area contributed by atoms with Gasteiger partial charge in [-0.3, -0.25) is 4.79 Å². The highest BCUT2D eigenvalue weighted by Crippen LogP contribution is 2.11. The minimum Gasteiger partial charge on any atom is -0.377 e. The van der Waals surface area contributed by atoms with E-state index in [1.807, 2.05) is 24.3 Å². The molecule has 0 aromatic heterocycles. The molecule has 88 valence electrons. The Hall–Kier alpha value is -1.06. The van der Waals surface area contributed by atoms with Crippen molar-refractivity contribution >= 4 is 23.2 Å². The highest BCUT2D eigenvalue weighted by Gasteiger charge is 2.00. The highest BCUT2D eigenvalue weighted by atomic mass is 35.5. The van der Waals surface area contributed by atoms with Gasteiger partial charge in [0.15, 0.2) is 0 Å². The van der Waals surface area contributed by atoms with Crippen molar-refractivity contribution in [2.24, 2.45) is 0 Å². The number of hydrogen-bond donors (Lipinski definition) is 1. The minimum atomic E-state index is -0.201. The van der Waals surface area contributed by atoms with Gasteiger partial charge in [0.25, 0.3) is 0 Å². The van der Waals surface area contributed by atoms with Gasteiger partial charge in [0.1, 0.15) is 5.88 Å². The largest absolute Gasteiger partial charge is 0.377 e. The van der Waals surface area contributed by atoms with Gasteiger partial charge in [-0.25, -0.2) is 0 Å². The summed E-state index contributed by atoms with van der Waals surface area (Å²) in [6, 6.07) is 7.56. The molecule has 0 radical (unpaired) electrons. The number of amides is 1. The fraction of sp³-hybridized carbons (Fsp3) is 0.417. The Morgan fingerprint density at radius 2 is 2.31 bits per heavy atom. The first-order valence-electron chi connectivity index (χ1n) is 5.28. The Kier molecular flexibility index (Phi) is 5.90. The Labute approximate surface area is 101 Å². The molecule has 0 heterocycles. The summed E-state index contributed by atoms with van der Waals surface area (Å²) in [5.74, 6) is -0.232. The lowest BCUT2D eigenvalue weighted by Crippen LogP contribution is -2.12. The topological polar surface area (TPSA) is 38.3 Å². The molecule has 3 nitrogen and oxygen atoms in total.